The highest BCUT2D eigenvalue weighted by molar-refractivity contribution is 7.99. The first kappa shape index (κ1) is 14.8. The van der Waals surface area contributed by atoms with E-state index in [-0.39, 0.29) is 11.7 Å². The van der Waals surface area contributed by atoms with Gasteiger partial charge < -0.3 is 14.7 Å². The molecule has 0 N–H and O–H groups in total. The van der Waals surface area contributed by atoms with Gasteiger partial charge in [-0.3, -0.25) is 4.79 Å². The van der Waals surface area contributed by atoms with Gasteiger partial charge in [0.1, 0.15) is 5.75 Å². The first-order chi connectivity index (χ1) is 8.74. The fourth-order valence-electron chi connectivity index (χ4n) is 1.19. The van der Waals surface area contributed by atoms with Gasteiger partial charge in [-0.25, -0.2) is 0 Å². The number of aromatic nitrogens is 1. The summed E-state index contributed by atoms with van der Waals surface area (Å²) in [6, 6.07) is 5.06. The van der Waals surface area contributed by atoms with Gasteiger partial charge in [0, 0.05) is 31.8 Å². The zero-order valence-electron chi connectivity index (χ0n) is 10.3. The molecule has 0 aliphatic heterocycles. The number of pyridine rings is 1. The van der Waals surface area contributed by atoms with Crippen LogP contribution in [-0.4, -0.2) is 31.5 Å². The van der Waals surface area contributed by atoms with Gasteiger partial charge in [0.2, 0.25) is 0 Å². The Morgan fingerprint density at radius 1 is 1.44 bits per heavy atom. The predicted octanol–water partition coefficient (Wildman–Crippen LogP) is 1.38. The van der Waals surface area contributed by atoms with Crippen molar-refractivity contribution in [3.8, 4) is 0 Å². The van der Waals surface area contributed by atoms with Crippen LogP contribution < -0.4 is 4.73 Å². The Kier molecular flexibility index (Phi) is 7.20. The lowest BCUT2D eigenvalue weighted by Gasteiger charge is -2.05. The summed E-state index contributed by atoms with van der Waals surface area (Å²) in [6.07, 6.45) is 2.09. The third-order valence-corrected chi connectivity index (χ3v) is 3.02. The highest BCUT2D eigenvalue weighted by Gasteiger charge is 2.09. The molecule has 5 nitrogen and oxygen atoms in total. The van der Waals surface area contributed by atoms with Crippen LogP contribution in [-0.2, 0) is 14.3 Å². The maximum Gasteiger partial charge on any atom is 0.316 e. The van der Waals surface area contributed by atoms with Crippen LogP contribution in [0.4, 0.5) is 0 Å². The summed E-state index contributed by atoms with van der Waals surface area (Å²) in [5.74, 6) is -0.179. The van der Waals surface area contributed by atoms with E-state index in [0.29, 0.717) is 31.3 Å². The summed E-state index contributed by atoms with van der Waals surface area (Å²) in [7, 11) is 0. The molecule has 18 heavy (non-hydrogen) atoms. The number of carbonyl (C=O) groups is 1. The van der Waals surface area contributed by atoms with Crippen molar-refractivity contribution in [2.24, 2.45) is 0 Å². The summed E-state index contributed by atoms with van der Waals surface area (Å²) < 4.78 is 10.8. The molecule has 0 spiro atoms. The van der Waals surface area contributed by atoms with E-state index in [1.807, 2.05) is 6.92 Å². The van der Waals surface area contributed by atoms with Crippen molar-refractivity contribution < 1.29 is 19.0 Å². The van der Waals surface area contributed by atoms with Gasteiger partial charge in [-0.05, 0) is 24.8 Å². The molecule has 0 saturated heterocycles. The number of carbonyl (C=O) groups excluding carboxylic acids is 1. The topological polar surface area (TPSA) is 62.5 Å². The van der Waals surface area contributed by atoms with Crippen molar-refractivity contribution >= 4 is 17.7 Å². The van der Waals surface area contributed by atoms with Crippen molar-refractivity contribution in [2.75, 3.05) is 25.6 Å². The SMILES string of the molecule is CCOCCCOC(=O)CSc1cccc[n+]1[O-]. The molecule has 1 heterocycles. The molecule has 0 saturated carbocycles. The molecule has 0 aliphatic carbocycles. The Balaban J connectivity index is 2.15. The molecule has 0 amide bonds. The van der Waals surface area contributed by atoms with E-state index in [4.69, 9.17) is 9.47 Å². The average Bonchev–Trinajstić information content (AvgIpc) is 2.37. The zero-order valence-corrected chi connectivity index (χ0v) is 11.1. The Hall–Kier alpha value is -1.27. The zero-order chi connectivity index (χ0) is 13.2. The van der Waals surface area contributed by atoms with Crippen molar-refractivity contribution in [3.05, 3.63) is 29.6 Å². The number of hydrogen-bond donors (Lipinski definition) is 0. The standard InChI is InChI=1S/C12H17NO4S/c1-2-16-8-5-9-17-12(14)10-18-11-6-3-4-7-13(11)15/h3-4,6-7H,2,5,8-10H2,1H3. The largest absolute Gasteiger partial charge is 0.618 e. The quantitative estimate of drug-likeness (QED) is 0.235. The number of thioether (sulfide) groups is 1. The minimum Gasteiger partial charge on any atom is -0.618 e. The molecule has 0 bridgehead atoms. The normalized spacial score (nSPS) is 10.3. The molecule has 1 aromatic rings. The minimum absolute atomic E-state index is 0.140. The van der Waals surface area contributed by atoms with E-state index in [1.165, 1.54) is 18.0 Å². The Labute approximate surface area is 111 Å². The van der Waals surface area contributed by atoms with Crippen molar-refractivity contribution in [1.29, 1.82) is 0 Å². The summed E-state index contributed by atoms with van der Waals surface area (Å²) >= 11 is 1.17. The molecule has 100 valence electrons. The summed E-state index contributed by atoms with van der Waals surface area (Å²) in [4.78, 5) is 11.4. The monoisotopic (exact) mass is 271 g/mol. The lowest BCUT2D eigenvalue weighted by Crippen LogP contribution is -2.28. The maximum atomic E-state index is 11.4. The molecule has 0 radical (unpaired) electrons. The van der Waals surface area contributed by atoms with Crippen LogP contribution in [0.2, 0.25) is 0 Å². The van der Waals surface area contributed by atoms with Crippen molar-refractivity contribution in [3.63, 3.8) is 0 Å². The summed E-state index contributed by atoms with van der Waals surface area (Å²) in [6.45, 7) is 3.53. The van der Waals surface area contributed by atoms with E-state index in [2.05, 4.69) is 0 Å². The Morgan fingerprint density at radius 2 is 2.28 bits per heavy atom. The Morgan fingerprint density at radius 3 is 3.00 bits per heavy atom. The van der Waals surface area contributed by atoms with Gasteiger partial charge in [0.05, 0.1) is 6.61 Å². The third kappa shape index (κ3) is 5.88. The van der Waals surface area contributed by atoms with Gasteiger partial charge in [-0.2, -0.15) is 4.73 Å². The number of hydrogen-bond acceptors (Lipinski definition) is 5. The molecule has 0 aromatic carbocycles. The molecular weight excluding hydrogens is 254 g/mol. The molecule has 1 aromatic heterocycles. The van der Waals surface area contributed by atoms with Gasteiger partial charge in [0.15, 0.2) is 6.20 Å². The summed E-state index contributed by atoms with van der Waals surface area (Å²) in [5.41, 5.74) is 0. The molecular formula is C12H17NO4S. The van der Waals surface area contributed by atoms with Crippen LogP contribution in [0.1, 0.15) is 13.3 Å². The molecule has 0 fully saturated rings. The van der Waals surface area contributed by atoms with Crippen LogP contribution in [0.25, 0.3) is 0 Å². The second-order valence-corrected chi connectivity index (χ2v) is 4.42. The van der Waals surface area contributed by atoms with Crippen LogP contribution in [0.3, 0.4) is 0 Å². The fraction of sp³-hybridized carbons (Fsp3) is 0.500. The second kappa shape index (κ2) is 8.77. The first-order valence-electron chi connectivity index (χ1n) is 5.78. The van der Waals surface area contributed by atoms with Crippen LogP contribution in [0, 0.1) is 5.21 Å². The first-order valence-corrected chi connectivity index (χ1v) is 6.77. The number of nitrogens with zero attached hydrogens (tertiary/aromatic N) is 1. The molecule has 1 rings (SSSR count). The number of esters is 1. The van der Waals surface area contributed by atoms with E-state index < -0.39 is 0 Å². The Bertz CT molecular complexity index is 373. The smallest absolute Gasteiger partial charge is 0.316 e. The second-order valence-electron chi connectivity index (χ2n) is 3.42. The van der Waals surface area contributed by atoms with E-state index in [0.717, 1.165) is 4.73 Å². The third-order valence-electron chi connectivity index (χ3n) is 2.03. The van der Waals surface area contributed by atoms with Crippen LogP contribution in [0.15, 0.2) is 29.4 Å². The summed E-state index contributed by atoms with van der Waals surface area (Å²) in [5, 5.41) is 11.8. The predicted molar refractivity (Wildman–Crippen MR) is 68.2 cm³/mol. The van der Waals surface area contributed by atoms with Gasteiger partial charge in [0.25, 0.3) is 5.03 Å². The highest BCUT2D eigenvalue weighted by atomic mass is 32.2. The van der Waals surface area contributed by atoms with Crippen LogP contribution >= 0.6 is 11.8 Å². The highest BCUT2D eigenvalue weighted by Crippen LogP contribution is 2.12. The van der Waals surface area contributed by atoms with E-state index in [1.54, 1.807) is 18.2 Å². The van der Waals surface area contributed by atoms with Crippen LogP contribution in [0.5, 0.6) is 0 Å². The minimum atomic E-state index is -0.319. The number of rotatable bonds is 8. The molecule has 6 heteroatoms. The van der Waals surface area contributed by atoms with Crippen molar-refractivity contribution in [1.82, 2.24) is 0 Å². The fourth-order valence-corrected chi connectivity index (χ4v) is 1.90. The number of ether oxygens (including phenoxy) is 2. The molecule has 0 unspecified atom stereocenters. The van der Waals surface area contributed by atoms with Crippen molar-refractivity contribution in [2.45, 2.75) is 18.4 Å². The van der Waals surface area contributed by atoms with E-state index in [9.17, 15) is 10.0 Å². The van der Waals surface area contributed by atoms with E-state index >= 15 is 0 Å². The lowest BCUT2D eigenvalue weighted by atomic mass is 10.5. The molecule has 0 aliphatic rings. The maximum absolute atomic E-state index is 11.4. The van der Waals surface area contributed by atoms with Gasteiger partial charge in [-0.1, -0.05) is 0 Å². The van der Waals surface area contributed by atoms with Gasteiger partial charge >= 0.3 is 5.97 Å². The average molecular weight is 271 g/mol. The van der Waals surface area contributed by atoms with Gasteiger partial charge in [-0.15, -0.1) is 0 Å². The molecule has 0 atom stereocenters. The lowest BCUT2D eigenvalue weighted by molar-refractivity contribution is -0.645.